The quantitative estimate of drug-likeness (QED) is 0.653. The van der Waals surface area contributed by atoms with Crippen LogP contribution in [-0.2, 0) is 6.54 Å². The van der Waals surface area contributed by atoms with Crippen LogP contribution in [0, 0.1) is 0 Å². The van der Waals surface area contributed by atoms with E-state index in [1.807, 2.05) is 30.3 Å². The third kappa shape index (κ3) is 4.33. The van der Waals surface area contributed by atoms with Crippen LogP contribution in [0.5, 0.6) is 0 Å². The van der Waals surface area contributed by atoms with Gasteiger partial charge in [0.1, 0.15) is 5.82 Å². The average molecular weight is 442 g/mol. The first-order chi connectivity index (χ1) is 13.7. The number of nitrogens with zero attached hydrogens (tertiary/aromatic N) is 4. The number of nitrogens with one attached hydrogen (secondary N) is 1. The second-order valence-electron chi connectivity index (χ2n) is 6.50. The fourth-order valence-corrected chi connectivity index (χ4v) is 3.41. The van der Waals surface area contributed by atoms with Crippen LogP contribution in [0.1, 0.15) is 16.1 Å². The lowest BCUT2D eigenvalue weighted by Gasteiger charge is -2.34. The highest BCUT2D eigenvalue weighted by Gasteiger charge is 2.24. The summed E-state index contributed by atoms with van der Waals surface area (Å²) in [7, 11) is 0. The van der Waals surface area contributed by atoms with Crippen LogP contribution in [0.4, 0.5) is 11.6 Å². The molecule has 0 bridgehead atoms. The molecule has 3 heterocycles. The van der Waals surface area contributed by atoms with Crippen LogP contribution in [0.2, 0.25) is 0 Å². The molecule has 1 aliphatic heterocycles. The fraction of sp³-hybridized carbons (Fsp3) is 0.250. The number of hydrogen-bond acceptors (Lipinski definition) is 6. The molecule has 144 valence electrons. The van der Waals surface area contributed by atoms with E-state index in [0.29, 0.717) is 43.2 Å². The lowest BCUT2D eigenvalue weighted by atomic mass is 10.2. The van der Waals surface area contributed by atoms with Gasteiger partial charge in [-0.05, 0) is 45.8 Å². The van der Waals surface area contributed by atoms with Crippen molar-refractivity contribution in [1.29, 1.82) is 0 Å². The number of furan rings is 1. The molecule has 1 amide bonds. The number of rotatable bonds is 5. The largest absolute Gasteiger partial charge is 0.444 e. The summed E-state index contributed by atoms with van der Waals surface area (Å²) in [6, 6.07) is 17.5. The Kier molecular flexibility index (Phi) is 5.57. The highest BCUT2D eigenvalue weighted by Crippen LogP contribution is 2.19. The van der Waals surface area contributed by atoms with E-state index in [9.17, 15) is 4.79 Å². The van der Waals surface area contributed by atoms with Crippen molar-refractivity contribution in [2.24, 2.45) is 0 Å². The zero-order valence-corrected chi connectivity index (χ0v) is 16.8. The molecule has 1 fully saturated rings. The van der Waals surface area contributed by atoms with Crippen LogP contribution >= 0.6 is 15.9 Å². The van der Waals surface area contributed by atoms with Crippen molar-refractivity contribution in [3.05, 3.63) is 70.6 Å². The van der Waals surface area contributed by atoms with Gasteiger partial charge in [-0.25, -0.2) is 0 Å². The minimum atomic E-state index is -0.0862. The van der Waals surface area contributed by atoms with Crippen LogP contribution in [0.25, 0.3) is 0 Å². The van der Waals surface area contributed by atoms with Gasteiger partial charge in [-0.1, -0.05) is 30.3 Å². The molecule has 1 aliphatic rings. The number of hydrogen-bond donors (Lipinski definition) is 1. The average Bonchev–Trinajstić information content (AvgIpc) is 3.19. The molecule has 0 atom stereocenters. The van der Waals surface area contributed by atoms with Gasteiger partial charge in [-0.15, -0.1) is 10.2 Å². The Hall–Kier alpha value is -2.87. The second-order valence-corrected chi connectivity index (χ2v) is 7.28. The fourth-order valence-electron chi connectivity index (χ4n) is 3.10. The number of benzene rings is 1. The van der Waals surface area contributed by atoms with Gasteiger partial charge in [-0.3, -0.25) is 4.79 Å². The van der Waals surface area contributed by atoms with Crippen molar-refractivity contribution in [2.45, 2.75) is 6.54 Å². The summed E-state index contributed by atoms with van der Waals surface area (Å²) in [5, 5.41) is 11.9. The third-order valence-corrected chi connectivity index (χ3v) is 5.07. The Morgan fingerprint density at radius 3 is 2.43 bits per heavy atom. The van der Waals surface area contributed by atoms with Crippen molar-refractivity contribution in [3.8, 4) is 0 Å². The van der Waals surface area contributed by atoms with E-state index in [1.165, 1.54) is 5.56 Å². The van der Waals surface area contributed by atoms with Gasteiger partial charge in [0, 0.05) is 32.7 Å². The number of aromatic nitrogens is 2. The first-order valence-corrected chi connectivity index (χ1v) is 9.89. The van der Waals surface area contributed by atoms with Gasteiger partial charge < -0.3 is 19.5 Å². The first kappa shape index (κ1) is 18.5. The van der Waals surface area contributed by atoms with E-state index in [0.717, 1.165) is 11.6 Å². The molecule has 0 aliphatic carbocycles. The van der Waals surface area contributed by atoms with Crippen LogP contribution in [0.3, 0.4) is 0 Å². The highest BCUT2D eigenvalue weighted by molar-refractivity contribution is 9.10. The molecule has 4 rings (SSSR count). The number of amides is 1. The van der Waals surface area contributed by atoms with Crippen molar-refractivity contribution in [2.75, 3.05) is 36.4 Å². The van der Waals surface area contributed by atoms with Crippen LogP contribution < -0.4 is 10.2 Å². The molecule has 1 N–H and O–H groups in total. The van der Waals surface area contributed by atoms with Crippen molar-refractivity contribution in [1.82, 2.24) is 15.1 Å². The van der Waals surface area contributed by atoms with E-state index >= 15 is 0 Å². The normalized spacial score (nSPS) is 14.2. The summed E-state index contributed by atoms with van der Waals surface area (Å²) < 4.78 is 5.92. The second kappa shape index (κ2) is 8.43. The number of anilines is 2. The molecule has 0 unspecified atom stereocenters. The number of piperazine rings is 1. The molecule has 8 heteroatoms. The molecule has 28 heavy (non-hydrogen) atoms. The molecule has 3 aromatic rings. The maximum absolute atomic E-state index is 12.4. The predicted molar refractivity (Wildman–Crippen MR) is 110 cm³/mol. The van der Waals surface area contributed by atoms with E-state index < -0.39 is 0 Å². The topological polar surface area (TPSA) is 74.5 Å². The Labute approximate surface area is 171 Å². The lowest BCUT2D eigenvalue weighted by molar-refractivity contribution is 0.0713. The maximum Gasteiger partial charge on any atom is 0.289 e. The Balaban J connectivity index is 1.30. The first-order valence-electron chi connectivity index (χ1n) is 9.10. The van der Waals surface area contributed by atoms with Crippen molar-refractivity contribution < 1.29 is 9.21 Å². The summed E-state index contributed by atoms with van der Waals surface area (Å²) in [6.07, 6.45) is 0. The van der Waals surface area contributed by atoms with E-state index in [1.54, 1.807) is 17.0 Å². The Morgan fingerprint density at radius 2 is 1.79 bits per heavy atom. The molecule has 7 nitrogen and oxygen atoms in total. The lowest BCUT2D eigenvalue weighted by Crippen LogP contribution is -2.49. The zero-order valence-electron chi connectivity index (χ0n) is 15.2. The zero-order chi connectivity index (χ0) is 19.3. The molecule has 1 aromatic carbocycles. The van der Waals surface area contributed by atoms with Gasteiger partial charge in [0.15, 0.2) is 16.2 Å². The van der Waals surface area contributed by atoms with E-state index in [-0.39, 0.29) is 5.91 Å². The van der Waals surface area contributed by atoms with E-state index in [4.69, 9.17) is 4.42 Å². The SMILES string of the molecule is O=C(c1ccc(Br)o1)N1CCN(c2ccc(NCc3ccccc3)nn2)CC1. The third-order valence-electron chi connectivity index (χ3n) is 4.64. The van der Waals surface area contributed by atoms with Crippen LogP contribution in [0.15, 0.2) is 63.7 Å². The summed E-state index contributed by atoms with van der Waals surface area (Å²) in [5.74, 6) is 1.83. The van der Waals surface area contributed by atoms with Crippen molar-refractivity contribution >= 4 is 33.5 Å². The summed E-state index contributed by atoms with van der Waals surface area (Å²) in [5.41, 5.74) is 1.19. The van der Waals surface area contributed by atoms with Gasteiger partial charge in [0.25, 0.3) is 5.91 Å². The standard InChI is InChI=1S/C20H20BrN5O2/c21-17-7-6-16(28-17)20(27)26-12-10-25(11-13-26)19-9-8-18(23-24-19)22-14-15-4-2-1-3-5-15/h1-9H,10-14H2,(H,22,23). The summed E-state index contributed by atoms with van der Waals surface area (Å²) in [6.45, 7) is 3.36. The number of carbonyl (C=O) groups excluding carboxylic acids is 1. The minimum Gasteiger partial charge on any atom is -0.444 e. The van der Waals surface area contributed by atoms with Crippen molar-refractivity contribution in [3.63, 3.8) is 0 Å². The Morgan fingerprint density at radius 1 is 1.00 bits per heavy atom. The number of carbonyl (C=O) groups is 1. The van der Waals surface area contributed by atoms with Crippen LogP contribution in [-0.4, -0.2) is 47.2 Å². The molecular weight excluding hydrogens is 422 g/mol. The monoisotopic (exact) mass is 441 g/mol. The van der Waals surface area contributed by atoms with Gasteiger partial charge in [-0.2, -0.15) is 0 Å². The molecule has 2 aromatic heterocycles. The molecule has 0 spiro atoms. The predicted octanol–water partition coefficient (Wildman–Crippen LogP) is 3.41. The minimum absolute atomic E-state index is 0.0862. The van der Waals surface area contributed by atoms with E-state index in [2.05, 4.69) is 48.5 Å². The molecule has 0 radical (unpaired) electrons. The smallest absolute Gasteiger partial charge is 0.289 e. The number of halogens is 1. The highest BCUT2D eigenvalue weighted by atomic mass is 79.9. The maximum atomic E-state index is 12.4. The van der Waals surface area contributed by atoms with Gasteiger partial charge in [0.05, 0.1) is 0 Å². The van der Waals surface area contributed by atoms with Gasteiger partial charge in [0.2, 0.25) is 0 Å². The molecular formula is C20H20BrN5O2. The Bertz CT molecular complexity index is 921. The summed E-state index contributed by atoms with van der Waals surface area (Å²) in [4.78, 5) is 16.4. The molecule has 1 saturated heterocycles. The summed E-state index contributed by atoms with van der Waals surface area (Å²) >= 11 is 3.23. The molecule has 0 saturated carbocycles. The van der Waals surface area contributed by atoms with Gasteiger partial charge >= 0.3 is 0 Å².